The Kier molecular flexibility index (Phi) is 7.67. The molecular weight excluding hydrogens is 562 g/mol. The molecular formula is C25H26ClN7O4S2. The van der Waals surface area contributed by atoms with Gasteiger partial charge in [0.2, 0.25) is 10.0 Å². The summed E-state index contributed by atoms with van der Waals surface area (Å²) in [5, 5.41) is 3.33. The molecule has 0 bridgehead atoms. The molecule has 1 saturated heterocycles. The zero-order chi connectivity index (χ0) is 27.7. The molecule has 14 heteroatoms. The number of methoxy groups -OCH3 is 1. The number of nitrogens with one attached hydrogen (secondary N) is 2. The Morgan fingerprint density at radius 2 is 1.95 bits per heavy atom. The number of sulfonamides is 1. The number of rotatable bonds is 7. The normalized spacial score (nSPS) is 14.5. The van der Waals surface area contributed by atoms with Gasteiger partial charge in [-0.25, -0.2) is 28.1 Å². The van der Waals surface area contributed by atoms with Gasteiger partial charge in [0, 0.05) is 48.2 Å². The molecule has 39 heavy (non-hydrogen) atoms. The number of pyridine rings is 3. The largest absolute Gasteiger partial charge is 0.494 e. The van der Waals surface area contributed by atoms with E-state index in [0.717, 1.165) is 10.5 Å². The number of carbonyl (C=O) groups excluding carboxylic acids is 1. The summed E-state index contributed by atoms with van der Waals surface area (Å²) in [4.78, 5) is 33.0. The fourth-order valence-electron chi connectivity index (χ4n) is 4.57. The second kappa shape index (κ2) is 11.0. The number of aryl methyl sites for hydroxylation is 1. The summed E-state index contributed by atoms with van der Waals surface area (Å²) >= 11 is 7.80. The molecule has 0 radical (unpaired) electrons. The van der Waals surface area contributed by atoms with Crippen LogP contribution in [-0.4, -0.2) is 66.8 Å². The monoisotopic (exact) mass is 587 g/mol. The number of piperidine rings is 1. The Labute approximate surface area is 234 Å². The standard InChI is InChI=1S/C25H26ClN7O4S2/c1-14-10-17(16-4-7-27-13-19(16)37-2)22(23(26)29-14)24(34)31-25-30-18-12-28-21(11-20(18)38-25)33-8-5-15(6-9-33)32-39(3,35)36/h4,7,10-13,15,32H,5-6,8-9H2,1-3H3,(H,30,31,34). The maximum Gasteiger partial charge on any atom is 0.261 e. The number of halogens is 1. The third-order valence-electron chi connectivity index (χ3n) is 6.31. The van der Waals surface area contributed by atoms with E-state index in [1.165, 1.54) is 24.7 Å². The maximum absolute atomic E-state index is 13.5. The molecule has 0 atom stereocenters. The van der Waals surface area contributed by atoms with Crippen molar-refractivity contribution in [2.75, 3.05) is 36.7 Å². The molecule has 1 aliphatic rings. The van der Waals surface area contributed by atoms with E-state index in [1.54, 1.807) is 37.6 Å². The highest BCUT2D eigenvalue weighted by Crippen LogP contribution is 2.36. The van der Waals surface area contributed by atoms with Gasteiger partial charge in [-0.1, -0.05) is 22.9 Å². The van der Waals surface area contributed by atoms with Crippen molar-refractivity contribution in [1.82, 2.24) is 24.7 Å². The summed E-state index contributed by atoms with van der Waals surface area (Å²) in [5.74, 6) is 0.830. The van der Waals surface area contributed by atoms with Crippen LogP contribution in [0.2, 0.25) is 5.15 Å². The lowest BCUT2D eigenvalue weighted by molar-refractivity contribution is 0.102. The van der Waals surface area contributed by atoms with Crippen LogP contribution in [-0.2, 0) is 10.0 Å². The average molecular weight is 588 g/mol. The molecule has 0 aliphatic carbocycles. The van der Waals surface area contributed by atoms with Gasteiger partial charge in [0.15, 0.2) is 5.13 Å². The number of amides is 1. The van der Waals surface area contributed by atoms with Crippen LogP contribution < -0.4 is 19.7 Å². The molecule has 1 aliphatic heterocycles. The van der Waals surface area contributed by atoms with E-state index in [9.17, 15) is 13.2 Å². The number of hydrogen-bond acceptors (Lipinski definition) is 10. The zero-order valence-electron chi connectivity index (χ0n) is 21.4. The van der Waals surface area contributed by atoms with Crippen LogP contribution in [0.4, 0.5) is 10.9 Å². The molecule has 204 valence electrons. The van der Waals surface area contributed by atoms with Crippen molar-refractivity contribution in [1.29, 1.82) is 0 Å². The Balaban J connectivity index is 1.37. The van der Waals surface area contributed by atoms with Gasteiger partial charge < -0.3 is 9.64 Å². The first kappa shape index (κ1) is 27.2. The van der Waals surface area contributed by atoms with Crippen LogP contribution in [0.25, 0.3) is 21.3 Å². The number of fused-ring (bicyclic) bond motifs is 1. The van der Waals surface area contributed by atoms with Crippen molar-refractivity contribution in [3.8, 4) is 16.9 Å². The molecule has 11 nitrogen and oxygen atoms in total. The van der Waals surface area contributed by atoms with Gasteiger partial charge in [0.1, 0.15) is 22.2 Å². The van der Waals surface area contributed by atoms with Crippen LogP contribution in [0.1, 0.15) is 28.9 Å². The highest BCUT2D eigenvalue weighted by atomic mass is 35.5. The highest BCUT2D eigenvalue weighted by Gasteiger charge is 2.24. The average Bonchev–Trinajstić information content (AvgIpc) is 3.29. The van der Waals surface area contributed by atoms with Gasteiger partial charge in [-0.3, -0.25) is 15.1 Å². The number of thiazole rings is 1. The SMILES string of the molecule is COc1cnccc1-c1cc(C)nc(Cl)c1C(=O)Nc1nc2cnc(N3CCC(NS(C)(=O)=O)CC3)cc2s1. The molecule has 0 spiro atoms. The van der Waals surface area contributed by atoms with Gasteiger partial charge in [-0.05, 0) is 31.9 Å². The summed E-state index contributed by atoms with van der Waals surface area (Å²) in [7, 11) is -1.70. The highest BCUT2D eigenvalue weighted by molar-refractivity contribution is 7.88. The second-order valence-electron chi connectivity index (χ2n) is 9.19. The third kappa shape index (κ3) is 6.11. The Morgan fingerprint density at radius 3 is 2.67 bits per heavy atom. The number of hydrogen-bond donors (Lipinski definition) is 2. The molecule has 0 unspecified atom stereocenters. The van der Waals surface area contributed by atoms with Gasteiger partial charge in [-0.15, -0.1) is 0 Å². The van der Waals surface area contributed by atoms with E-state index in [4.69, 9.17) is 16.3 Å². The molecule has 0 saturated carbocycles. The third-order valence-corrected chi connectivity index (χ3v) is 8.27. The van der Waals surface area contributed by atoms with E-state index >= 15 is 0 Å². The second-order valence-corrected chi connectivity index (χ2v) is 12.4. The smallest absolute Gasteiger partial charge is 0.261 e. The number of ether oxygens (including phenoxy) is 1. The lowest BCUT2D eigenvalue weighted by atomic mass is 10.0. The van der Waals surface area contributed by atoms with Gasteiger partial charge >= 0.3 is 0 Å². The van der Waals surface area contributed by atoms with Crippen LogP contribution in [0.15, 0.2) is 36.8 Å². The van der Waals surface area contributed by atoms with E-state index < -0.39 is 15.9 Å². The molecule has 1 amide bonds. The molecule has 1 fully saturated rings. The predicted molar refractivity (Wildman–Crippen MR) is 152 cm³/mol. The van der Waals surface area contributed by atoms with E-state index in [0.29, 0.717) is 59.1 Å². The minimum Gasteiger partial charge on any atom is -0.494 e. The maximum atomic E-state index is 13.5. The molecule has 0 aromatic carbocycles. The Hall–Kier alpha value is -3.39. The predicted octanol–water partition coefficient (Wildman–Crippen LogP) is 3.89. The van der Waals surface area contributed by atoms with Crippen molar-refractivity contribution in [3.63, 3.8) is 0 Å². The molecule has 5 rings (SSSR count). The van der Waals surface area contributed by atoms with Crippen LogP contribution in [0, 0.1) is 6.92 Å². The van der Waals surface area contributed by atoms with E-state index in [-0.39, 0.29) is 16.8 Å². The lowest BCUT2D eigenvalue weighted by Gasteiger charge is -2.32. The van der Waals surface area contributed by atoms with Crippen molar-refractivity contribution in [3.05, 3.63) is 53.2 Å². The number of nitrogens with zero attached hydrogens (tertiary/aromatic N) is 5. The fraction of sp³-hybridized carbons (Fsp3) is 0.320. The van der Waals surface area contributed by atoms with Gasteiger partial charge in [0.05, 0.1) is 36.0 Å². The van der Waals surface area contributed by atoms with Crippen molar-refractivity contribution >= 4 is 60.0 Å². The number of carbonyl (C=O) groups is 1. The molecule has 4 aromatic heterocycles. The molecule has 2 N–H and O–H groups in total. The first-order valence-electron chi connectivity index (χ1n) is 12.1. The topological polar surface area (TPSA) is 139 Å². The van der Waals surface area contributed by atoms with Gasteiger partial charge in [-0.2, -0.15) is 0 Å². The first-order valence-corrected chi connectivity index (χ1v) is 15.2. The summed E-state index contributed by atoms with van der Waals surface area (Å²) < 4.78 is 32.0. The number of anilines is 2. The first-order chi connectivity index (χ1) is 18.6. The number of aromatic nitrogens is 4. The summed E-state index contributed by atoms with van der Waals surface area (Å²) in [6.07, 6.45) is 7.41. The minimum atomic E-state index is -3.24. The Morgan fingerprint density at radius 1 is 1.18 bits per heavy atom. The van der Waals surface area contributed by atoms with Crippen LogP contribution in [0.5, 0.6) is 5.75 Å². The molecule has 5 heterocycles. The zero-order valence-corrected chi connectivity index (χ0v) is 23.8. The van der Waals surface area contributed by atoms with Crippen molar-refractivity contribution in [2.45, 2.75) is 25.8 Å². The lowest BCUT2D eigenvalue weighted by Crippen LogP contribution is -2.44. The van der Waals surface area contributed by atoms with Gasteiger partial charge in [0.25, 0.3) is 5.91 Å². The van der Waals surface area contributed by atoms with Crippen LogP contribution >= 0.6 is 22.9 Å². The van der Waals surface area contributed by atoms with E-state index in [1.807, 2.05) is 6.07 Å². The van der Waals surface area contributed by atoms with Crippen molar-refractivity contribution < 1.29 is 17.9 Å². The minimum absolute atomic E-state index is 0.0696. The fourth-order valence-corrected chi connectivity index (χ4v) is 6.59. The quantitative estimate of drug-likeness (QED) is 0.308. The summed E-state index contributed by atoms with van der Waals surface area (Å²) in [6.45, 7) is 3.15. The summed E-state index contributed by atoms with van der Waals surface area (Å²) in [6, 6.07) is 5.39. The Bertz CT molecular complexity index is 1650. The molecule has 4 aromatic rings. The summed E-state index contributed by atoms with van der Waals surface area (Å²) in [5.41, 5.74) is 2.74. The van der Waals surface area contributed by atoms with Crippen LogP contribution in [0.3, 0.4) is 0 Å². The van der Waals surface area contributed by atoms with E-state index in [2.05, 4.69) is 34.9 Å². The van der Waals surface area contributed by atoms with Crippen molar-refractivity contribution in [2.24, 2.45) is 0 Å².